The van der Waals surface area contributed by atoms with Gasteiger partial charge in [0.05, 0.1) is 12.0 Å². The van der Waals surface area contributed by atoms with E-state index in [4.69, 9.17) is 21.4 Å². The molecule has 2 aromatic rings. The largest absolute Gasteiger partial charge is 0.497 e. The molecule has 1 aromatic carbocycles. The summed E-state index contributed by atoms with van der Waals surface area (Å²) in [5, 5.41) is 0. The number of carbonyl (C=O) groups is 1. The van der Waals surface area contributed by atoms with Gasteiger partial charge in [0.2, 0.25) is 0 Å². The maximum absolute atomic E-state index is 13.2. The first-order chi connectivity index (χ1) is 14.1. The minimum atomic E-state index is 0.0241. The monoisotopic (exact) mass is 427 g/mol. The van der Waals surface area contributed by atoms with Crippen molar-refractivity contribution >= 4 is 40.7 Å². The second-order valence-electron chi connectivity index (χ2n) is 7.81. The summed E-state index contributed by atoms with van der Waals surface area (Å²) in [6.07, 6.45) is 6.76. The fraction of sp³-hybridized carbons (Fsp3) is 0.391. The van der Waals surface area contributed by atoms with Crippen molar-refractivity contribution in [2.45, 2.75) is 31.7 Å². The fourth-order valence-corrected chi connectivity index (χ4v) is 5.52. The van der Waals surface area contributed by atoms with Gasteiger partial charge in [0.1, 0.15) is 17.3 Å². The lowest BCUT2D eigenvalue weighted by atomic mass is 9.94. The Kier molecular flexibility index (Phi) is 6.11. The quantitative estimate of drug-likeness (QED) is 0.423. The Hall–Kier alpha value is -2.05. The topological polar surface area (TPSA) is 42.7 Å². The van der Waals surface area contributed by atoms with Gasteiger partial charge in [-0.05, 0) is 67.5 Å². The van der Waals surface area contributed by atoms with Gasteiger partial charge in [-0.3, -0.25) is 4.79 Å². The number of methoxy groups -OCH3 is 1. The van der Waals surface area contributed by atoms with Crippen LogP contribution in [0.2, 0.25) is 0 Å². The highest BCUT2D eigenvalue weighted by molar-refractivity contribution is 8.24. The number of nitrogens with zero attached hydrogens (tertiary/aromatic N) is 1. The van der Waals surface area contributed by atoms with Crippen LogP contribution in [-0.4, -0.2) is 35.7 Å². The highest BCUT2D eigenvalue weighted by atomic mass is 32.2. The molecule has 0 aliphatic heterocycles. The van der Waals surface area contributed by atoms with Crippen molar-refractivity contribution in [1.82, 2.24) is 4.90 Å². The molecule has 152 valence electrons. The number of rotatable bonds is 7. The van der Waals surface area contributed by atoms with Gasteiger partial charge >= 0.3 is 0 Å². The van der Waals surface area contributed by atoms with Crippen molar-refractivity contribution in [3.05, 3.63) is 47.1 Å². The molecule has 3 unspecified atom stereocenters. The van der Waals surface area contributed by atoms with Crippen LogP contribution in [0.4, 0.5) is 0 Å². The van der Waals surface area contributed by atoms with E-state index in [1.807, 2.05) is 48.3 Å². The summed E-state index contributed by atoms with van der Waals surface area (Å²) in [6, 6.07) is 11.8. The van der Waals surface area contributed by atoms with Gasteiger partial charge in [0, 0.05) is 29.4 Å². The Morgan fingerprint density at radius 2 is 2.00 bits per heavy atom. The maximum Gasteiger partial charge on any atom is 0.260 e. The molecule has 2 aliphatic rings. The Balaban J connectivity index is 1.52. The number of amides is 1. The standard InChI is InChI=1S/C23H25NO3S2/c1-24(20-12-15-3-4-17(20)11-15)23(25)22(29-14-28)13-19-9-10-21(27-19)16-5-7-18(26-2)8-6-16/h5-10,13-15,17,20H,3-4,11-12H2,1-2H3/b22-13-. The van der Waals surface area contributed by atoms with Gasteiger partial charge in [-0.15, -0.1) is 0 Å². The van der Waals surface area contributed by atoms with Crippen LogP contribution in [0.3, 0.4) is 0 Å². The van der Waals surface area contributed by atoms with Crippen molar-refractivity contribution in [3.63, 3.8) is 0 Å². The number of carbonyl (C=O) groups excluding carboxylic acids is 1. The van der Waals surface area contributed by atoms with Crippen molar-refractivity contribution < 1.29 is 13.9 Å². The molecule has 2 fully saturated rings. The molecule has 0 N–H and O–H groups in total. The van der Waals surface area contributed by atoms with Crippen LogP contribution in [0.5, 0.6) is 5.75 Å². The zero-order valence-electron chi connectivity index (χ0n) is 16.7. The van der Waals surface area contributed by atoms with Crippen LogP contribution >= 0.6 is 24.0 Å². The van der Waals surface area contributed by atoms with Crippen LogP contribution in [0.15, 0.2) is 45.7 Å². The molecule has 2 bridgehead atoms. The van der Waals surface area contributed by atoms with Crippen LogP contribution in [0.1, 0.15) is 31.4 Å². The highest BCUT2D eigenvalue weighted by Crippen LogP contribution is 2.46. The summed E-state index contributed by atoms with van der Waals surface area (Å²) in [7, 11) is 3.57. The molecule has 0 saturated heterocycles. The molecule has 4 rings (SSSR count). The number of likely N-dealkylation sites (N-methyl/N-ethyl adjacent to an activating group) is 1. The predicted molar refractivity (Wildman–Crippen MR) is 122 cm³/mol. The Morgan fingerprint density at radius 3 is 2.62 bits per heavy atom. The van der Waals surface area contributed by atoms with Gasteiger partial charge in [-0.1, -0.05) is 30.4 Å². The Bertz CT molecular complexity index is 918. The SMILES string of the molecule is COc1ccc(-c2ccc(/C=C(\SC=S)C(=O)N(C)C3CC4CCC3C4)o2)cc1. The number of ether oxygens (including phenoxy) is 1. The lowest BCUT2D eigenvalue weighted by Crippen LogP contribution is -2.40. The average Bonchev–Trinajstić information content (AvgIpc) is 3.50. The fourth-order valence-electron chi connectivity index (χ4n) is 4.68. The van der Waals surface area contributed by atoms with E-state index in [-0.39, 0.29) is 5.91 Å². The van der Waals surface area contributed by atoms with E-state index in [1.54, 1.807) is 13.2 Å². The van der Waals surface area contributed by atoms with Crippen LogP contribution < -0.4 is 4.74 Å². The summed E-state index contributed by atoms with van der Waals surface area (Å²) in [5.41, 5.74) is 0.958. The molecule has 2 saturated carbocycles. The zero-order chi connectivity index (χ0) is 20.4. The lowest BCUT2D eigenvalue weighted by Gasteiger charge is -2.31. The second-order valence-corrected chi connectivity index (χ2v) is 9.26. The third kappa shape index (κ3) is 4.28. The maximum atomic E-state index is 13.2. The molecule has 0 spiro atoms. The summed E-state index contributed by atoms with van der Waals surface area (Å²) in [4.78, 5) is 15.7. The molecular formula is C23H25NO3S2. The third-order valence-electron chi connectivity index (χ3n) is 6.18. The first-order valence-electron chi connectivity index (χ1n) is 9.92. The first-order valence-corrected chi connectivity index (χ1v) is 11.3. The smallest absolute Gasteiger partial charge is 0.260 e. The zero-order valence-corrected chi connectivity index (χ0v) is 18.3. The van der Waals surface area contributed by atoms with E-state index < -0.39 is 0 Å². The van der Waals surface area contributed by atoms with Crippen molar-refractivity contribution in [2.24, 2.45) is 11.8 Å². The molecule has 1 heterocycles. The van der Waals surface area contributed by atoms with E-state index in [0.29, 0.717) is 22.6 Å². The predicted octanol–water partition coefficient (Wildman–Crippen LogP) is 5.63. The number of hydrogen-bond donors (Lipinski definition) is 0. The summed E-state index contributed by atoms with van der Waals surface area (Å²) >= 11 is 6.31. The van der Waals surface area contributed by atoms with E-state index in [9.17, 15) is 4.79 Å². The number of thiocarbonyl (C=S) groups is 1. The second kappa shape index (κ2) is 8.76. The van der Waals surface area contributed by atoms with Crippen LogP contribution in [0.25, 0.3) is 17.4 Å². The number of thioether (sulfide) groups is 1. The average molecular weight is 428 g/mol. The molecular weight excluding hydrogens is 402 g/mol. The van der Waals surface area contributed by atoms with Crippen molar-refractivity contribution in [3.8, 4) is 17.1 Å². The third-order valence-corrected chi connectivity index (χ3v) is 7.11. The Labute approximate surface area is 181 Å². The highest BCUT2D eigenvalue weighted by Gasteiger charge is 2.42. The molecule has 1 amide bonds. The number of benzene rings is 1. The Morgan fingerprint density at radius 1 is 1.21 bits per heavy atom. The molecule has 3 atom stereocenters. The normalized spacial score (nSPS) is 23.2. The van der Waals surface area contributed by atoms with Gasteiger partial charge in [-0.2, -0.15) is 0 Å². The molecule has 29 heavy (non-hydrogen) atoms. The number of fused-ring (bicyclic) bond motifs is 2. The summed E-state index contributed by atoms with van der Waals surface area (Å²) < 4.78 is 12.7. The first kappa shape index (κ1) is 20.2. The number of hydrogen-bond acceptors (Lipinski definition) is 5. The number of furan rings is 1. The van der Waals surface area contributed by atoms with Gasteiger partial charge < -0.3 is 14.1 Å². The van der Waals surface area contributed by atoms with Crippen LogP contribution in [0, 0.1) is 11.8 Å². The molecule has 1 aromatic heterocycles. The van der Waals surface area contributed by atoms with E-state index in [2.05, 4.69) is 0 Å². The molecule has 2 aliphatic carbocycles. The van der Waals surface area contributed by atoms with Gasteiger partial charge in [0.15, 0.2) is 0 Å². The van der Waals surface area contributed by atoms with Crippen molar-refractivity contribution in [1.29, 1.82) is 0 Å². The van der Waals surface area contributed by atoms with Gasteiger partial charge in [0.25, 0.3) is 5.91 Å². The van der Waals surface area contributed by atoms with Crippen molar-refractivity contribution in [2.75, 3.05) is 14.2 Å². The molecule has 4 nitrogen and oxygen atoms in total. The minimum Gasteiger partial charge on any atom is -0.497 e. The molecule has 0 radical (unpaired) electrons. The van der Waals surface area contributed by atoms with E-state index >= 15 is 0 Å². The lowest BCUT2D eigenvalue weighted by molar-refractivity contribution is -0.127. The van der Waals surface area contributed by atoms with E-state index in [1.165, 1.54) is 35.7 Å². The van der Waals surface area contributed by atoms with Crippen LogP contribution in [-0.2, 0) is 4.79 Å². The van der Waals surface area contributed by atoms with Gasteiger partial charge in [-0.25, -0.2) is 0 Å². The van der Waals surface area contributed by atoms with E-state index in [0.717, 1.165) is 29.4 Å². The minimum absolute atomic E-state index is 0.0241. The summed E-state index contributed by atoms with van der Waals surface area (Å²) in [6.45, 7) is 0. The summed E-state index contributed by atoms with van der Waals surface area (Å²) in [5.74, 6) is 3.66. The molecule has 6 heteroatoms.